The molecule has 1 aromatic carbocycles. The summed E-state index contributed by atoms with van der Waals surface area (Å²) in [6, 6.07) is 7.48. The van der Waals surface area contributed by atoms with Crippen LogP contribution < -0.4 is 0 Å². The topological polar surface area (TPSA) is 99.5 Å². The molecule has 1 aliphatic heterocycles. The predicted molar refractivity (Wildman–Crippen MR) is 131 cm³/mol. The van der Waals surface area contributed by atoms with Gasteiger partial charge in [-0.05, 0) is 44.2 Å². The highest BCUT2D eigenvalue weighted by Gasteiger charge is 2.30. The molecule has 1 heterocycles. The minimum Gasteiger partial charge on any atom is -0.388 e. The van der Waals surface area contributed by atoms with Crippen LogP contribution in [0.4, 0.5) is 0 Å². The van der Waals surface area contributed by atoms with Crippen LogP contribution >= 0.6 is 0 Å². The van der Waals surface area contributed by atoms with Crippen molar-refractivity contribution < 1.29 is 29.3 Å². The first-order valence-corrected chi connectivity index (χ1v) is 12.4. The second-order valence-corrected chi connectivity index (χ2v) is 9.55. The molecule has 0 radical (unpaired) electrons. The summed E-state index contributed by atoms with van der Waals surface area (Å²) in [5.41, 5.74) is 1.70. The van der Waals surface area contributed by atoms with Crippen LogP contribution in [0.5, 0.6) is 0 Å². The Labute approximate surface area is 203 Å². The van der Waals surface area contributed by atoms with Crippen molar-refractivity contribution in [2.24, 2.45) is 5.92 Å². The number of benzene rings is 1. The molecule has 0 aliphatic carbocycles. The molecule has 0 bridgehead atoms. The predicted octanol–water partition coefficient (Wildman–Crippen LogP) is 2.25. The minimum absolute atomic E-state index is 0.0166. The lowest BCUT2D eigenvalue weighted by molar-refractivity contribution is -0.140. The van der Waals surface area contributed by atoms with E-state index in [-0.39, 0.29) is 25.0 Å². The maximum Gasteiger partial charge on any atom is 0.253 e. The van der Waals surface area contributed by atoms with Gasteiger partial charge >= 0.3 is 0 Å². The summed E-state index contributed by atoms with van der Waals surface area (Å²) in [5, 5.41) is 21.2. The van der Waals surface area contributed by atoms with Gasteiger partial charge in [0.2, 0.25) is 5.91 Å². The normalized spacial score (nSPS) is 23.6. The van der Waals surface area contributed by atoms with Crippen molar-refractivity contribution in [3.8, 4) is 0 Å². The lowest BCUT2D eigenvalue weighted by Gasteiger charge is -2.33. The Balaban J connectivity index is 2.18. The van der Waals surface area contributed by atoms with Gasteiger partial charge in [0, 0.05) is 51.9 Å². The van der Waals surface area contributed by atoms with Crippen molar-refractivity contribution >= 4 is 11.8 Å². The van der Waals surface area contributed by atoms with Gasteiger partial charge in [-0.15, -0.1) is 0 Å². The van der Waals surface area contributed by atoms with Crippen molar-refractivity contribution in [2.45, 2.75) is 65.3 Å². The van der Waals surface area contributed by atoms with Gasteiger partial charge in [0.05, 0.1) is 6.61 Å². The Kier molecular flexibility index (Phi) is 12.0. The van der Waals surface area contributed by atoms with Crippen LogP contribution in [0.25, 0.3) is 0 Å². The second-order valence-electron chi connectivity index (χ2n) is 9.55. The van der Waals surface area contributed by atoms with Crippen molar-refractivity contribution in [1.82, 2.24) is 9.80 Å². The highest BCUT2D eigenvalue weighted by atomic mass is 16.5. The molecule has 0 unspecified atom stereocenters. The third kappa shape index (κ3) is 9.33. The van der Waals surface area contributed by atoms with Crippen molar-refractivity contribution in [2.75, 3.05) is 46.0 Å². The third-order valence-electron chi connectivity index (χ3n) is 6.13. The van der Waals surface area contributed by atoms with Crippen LogP contribution in [0.3, 0.4) is 0 Å². The molecule has 8 nitrogen and oxygen atoms in total. The van der Waals surface area contributed by atoms with E-state index in [4.69, 9.17) is 9.47 Å². The fraction of sp³-hybridized carbons (Fsp3) is 0.692. The van der Waals surface area contributed by atoms with E-state index >= 15 is 0 Å². The van der Waals surface area contributed by atoms with Gasteiger partial charge in [0.1, 0.15) is 18.3 Å². The highest BCUT2D eigenvalue weighted by Crippen LogP contribution is 2.14. The lowest BCUT2D eigenvalue weighted by Crippen LogP contribution is -2.50. The fourth-order valence-corrected chi connectivity index (χ4v) is 3.80. The molecular formula is C26H42N2O6. The van der Waals surface area contributed by atoms with E-state index in [1.807, 2.05) is 31.2 Å². The van der Waals surface area contributed by atoms with E-state index in [9.17, 15) is 19.8 Å². The van der Waals surface area contributed by atoms with Crippen LogP contribution in [0, 0.1) is 12.8 Å². The van der Waals surface area contributed by atoms with Gasteiger partial charge in [-0.3, -0.25) is 9.59 Å². The zero-order valence-corrected chi connectivity index (χ0v) is 21.1. The number of rotatable bonds is 5. The summed E-state index contributed by atoms with van der Waals surface area (Å²) in [6.07, 6.45) is -0.815. The standard InChI is InChI=1S/C26H42N2O6/c1-19(2)11-16-34-24-17-28(21(4)29)14-13-27(26(32)22-9-7-20(3)8-10-22)12-5-6-15-33-18-23(30)25(24)31/h7-10,19,23-25,30-31H,5-6,11-18H2,1-4H3/t23-,24-,25-/m1/s1. The number of hydrogen-bond acceptors (Lipinski definition) is 6. The third-order valence-corrected chi connectivity index (χ3v) is 6.13. The summed E-state index contributed by atoms with van der Waals surface area (Å²) >= 11 is 0. The molecule has 0 aromatic heterocycles. The van der Waals surface area contributed by atoms with E-state index < -0.39 is 18.3 Å². The Hall–Kier alpha value is -2.00. The average molecular weight is 479 g/mol. The maximum absolute atomic E-state index is 13.2. The molecule has 0 saturated carbocycles. The Morgan fingerprint density at radius 2 is 1.76 bits per heavy atom. The Morgan fingerprint density at radius 1 is 1.09 bits per heavy atom. The molecule has 1 aromatic rings. The van der Waals surface area contributed by atoms with Crippen molar-refractivity contribution in [3.63, 3.8) is 0 Å². The SMILES string of the molecule is CC(=O)N1CCN(C(=O)c2ccc(C)cc2)CCCCOC[C@@H](O)[C@@H](O)[C@H](OCCC(C)C)C1. The second kappa shape index (κ2) is 14.4. The van der Waals surface area contributed by atoms with E-state index in [2.05, 4.69) is 13.8 Å². The maximum atomic E-state index is 13.2. The summed E-state index contributed by atoms with van der Waals surface area (Å²) in [5.74, 6) is 0.177. The summed E-state index contributed by atoms with van der Waals surface area (Å²) in [7, 11) is 0. The van der Waals surface area contributed by atoms with Gasteiger partial charge in [0.15, 0.2) is 0 Å². The smallest absolute Gasteiger partial charge is 0.253 e. The van der Waals surface area contributed by atoms with Gasteiger partial charge in [-0.25, -0.2) is 0 Å². The van der Waals surface area contributed by atoms with E-state index in [0.29, 0.717) is 50.8 Å². The van der Waals surface area contributed by atoms with Gasteiger partial charge < -0.3 is 29.5 Å². The summed E-state index contributed by atoms with van der Waals surface area (Å²) in [4.78, 5) is 29.0. The molecule has 1 fully saturated rings. The number of amides is 2. The number of carbonyl (C=O) groups excluding carboxylic acids is 2. The van der Waals surface area contributed by atoms with E-state index in [1.54, 1.807) is 9.80 Å². The van der Waals surface area contributed by atoms with E-state index in [0.717, 1.165) is 18.4 Å². The number of aryl methyl sites for hydroxylation is 1. The zero-order valence-electron chi connectivity index (χ0n) is 21.1. The summed E-state index contributed by atoms with van der Waals surface area (Å²) < 4.78 is 11.5. The first-order valence-electron chi connectivity index (χ1n) is 12.4. The molecule has 0 spiro atoms. The number of aliphatic hydroxyl groups excluding tert-OH is 2. The molecule has 2 N–H and O–H groups in total. The summed E-state index contributed by atoms with van der Waals surface area (Å²) in [6.45, 7) is 9.77. The largest absolute Gasteiger partial charge is 0.388 e. The van der Waals surface area contributed by atoms with Crippen molar-refractivity contribution in [3.05, 3.63) is 35.4 Å². The van der Waals surface area contributed by atoms with Crippen molar-refractivity contribution in [1.29, 1.82) is 0 Å². The van der Waals surface area contributed by atoms with Crippen LogP contribution in [0.2, 0.25) is 0 Å². The number of hydrogen-bond donors (Lipinski definition) is 2. The Bertz CT molecular complexity index is 754. The number of nitrogens with zero attached hydrogens (tertiary/aromatic N) is 2. The first-order chi connectivity index (χ1) is 16.2. The fourth-order valence-electron chi connectivity index (χ4n) is 3.80. The van der Waals surface area contributed by atoms with Crippen LogP contribution in [0.15, 0.2) is 24.3 Å². The quantitative estimate of drug-likeness (QED) is 0.674. The van der Waals surface area contributed by atoms with Crippen LogP contribution in [-0.2, 0) is 14.3 Å². The zero-order chi connectivity index (χ0) is 25.1. The Morgan fingerprint density at radius 3 is 2.41 bits per heavy atom. The molecule has 2 rings (SSSR count). The van der Waals surface area contributed by atoms with Gasteiger partial charge in [0.25, 0.3) is 5.91 Å². The number of aliphatic hydroxyl groups is 2. The monoisotopic (exact) mass is 478 g/mol. The number of carbonyl (C=O) groups is 2. The molecule has 34 heavy (non-hydrogen) atoms. The first kappa shape index (κ1) is 28.2. The van der Waals surface area contributed by atoms with E-state index in [1.165, 1.54) is 6.92 Å². The molecule has 1 saturated heterocycles. The molecule has 192 valence electrons. The van der Waals surface area contributed by atoms with Crippen LogP contribution in [0.1, 0.15) is 56.0 Å². The minimum atomic E-state index is -1.19. The van der Waals surface area contributed by atoms with Crippen LogP contribution in [-0.4, -0.2) is 96.1 Å². The average Bonchev–Trinajstić information content (AvgIpc) is 2.79. The number of ether oxygens (including phenoxy) is 2. The molecule has 8 heteroatoms. The molecule has 3 atom stereocenters. The van der Waals surface area contributed by atoms with Gasteiger partial charge in [-0.2, -0.15) is 0 Å². The lowest BCUT2D eigenvalue weighted by atomic mass is 10.1. The molecule has 2 amide bonds. The highest BCUT2D eigenvalue weighted by molar-refractivity contribution is 5.94. The van der Waals surface area contributed by atoms with Gasteiger partial charge in [-0.1, -0.05) is 31.5 Å². The molecular weight excluding hydrogens is 436 g/mol. The molecule has 1 aliphatic rings.